The molecule has 27 heavy (non-hydrogen) atoms. The van der Waals surface area contributed by atoms with Crippen LogP contribution in [0.25, 0.3) is 0 Å². The molecular weight excluding hydrogens is 424 g/mol. The third kappa shape index (κ3) is 3.09. The van der Waals surface area contributed by atoms with Crippen LogP contribution in [0.2, 0.25) is 0 Å². The van der Waals surface area contributed by atoms with Crippen molar-refractivity contribution in [3.8, 4) is 5.75 Å². The van der Waals surface area contributed by atoms with Gasteiger partial charge in [0, 0.05) is 23.0 Å². The predicted molar refractivity (Wildman–Crippen MR) is 113 cm³/mol. The van der Waals surface area contributed by atoms with Gasteiger partial charge in [0.25, 0.3) is 5.91 Å². The third-order valence-corrected chi connectivity index (χ3v) is 6.37. The number of carbonyl (C=O) groups excluding carboxylic acids is 1. The van der Waals surface area contributed by atoms with E-state index in [0.29, 0.717) is 13.0 Å². The topological polar surface area (TPSA) is 41.9 Å². The second-order valence-electron chi connectivity index (χ2n) is 6.60. The van der Waals surface area contributed by atoms with Crippen LogP contribution in [0.1, 0.15) is 37.5 Å². The van der Waals surface area contributed by atoms with Gasteiger partial charge in [-0.25, -0.2) is 4.99 Å². The minimum Gasteiger partial charge on any atom is -0.485 e. The number of amidine groups is 1. The summed E-state index contributed by atoms with van der Waals surface area (Å²) in [5, 5.41) is 0.810. The van der Waals surface area contributed by atoms with E-state index >= 15 is 0 Å². The fourth-order valence-electron chi connectivity index (χ4n) is 3.76. The molecular formula is C21H21BrN2O2S. The first-order valence-corrected chi connectivity index (χ1v) is 10.9. The van der Waals surface area contributed by atoms with Gasteiger partial charge in [-0.15, -0.1) is 0 Å². The Bertz CT molecular complexity index is 902. The zero-order chi connectivity index (χ0) is 19.0. The number of benzene rings is 2. The molecule has 0 bridgehead atoms. The lowest BCUT2D eigenvalue weighted by atomic mass is 9.80. The van der Waals surface area contributed by atoms with Gasteiger partial charge in [-0.2, -0.15) is 0 Å². The summed E-state index contributed by atoms with van der Waals surface area (Å²) in [6.45, 7) is 4.70. The molecule has 2 aliphatic heterocycles. The molecule has 4 nitrogen and oxygen atoms in total. The Morgan fingerprint density at radius 1 is 1.26 bits per heavy atom. The number of rotatable bonds is 3. The van der Waals surface area contributed by atoms with Crippen molar-refractivity contribution in [2.45, 2.75) is 31.9 Å². The van der Waals surface area contributed by atoms with Crippen LogP contribution in [0.15, 0.2) is 58.0 Å². The molecule has 4 rings (SSSR count). The number of hydrogen-bond acceptors (Lipinski definition) is 4. The smallest absolute Gasteiger partial charge is 0.261 e. The average Bonchev–Trinajstić information content (AvgIpc) is 2.94. The number of likely N-dealkylation sites (N-methyl/N-ethyl adjacent to an activating group) is 1. The van der Waals surface area contributed by atoms with E-state index in [-0.39, 0.29) is 12.0 Å². The van der Waals surface area contributed by atoms with Crippen molar-refractivity contribution in [1.29, 1.82) is 0 Å². The van der Waals surface area contributed by atoms with Crippen LogP contribution in [0.4, 0.5) is 0 Å². The SMILES string of the molecule is CCSC1=NC2(CC(c3ccccc3)Oc3ccc(Br)cc32)C(=O)N1CC. The van der Waals surface area contributed by atoms with Crippen molar-refractivity contribution in [3.63, 3.8) is 0 Å². The summed E-state index contributed by atoms with van der Waals surface area (Å²) in [5.74, 6) is 1.65. The van der Waals surface area contributed by atoms with Crippen molar-refractivity contribution in [1.82, 2.24) is 4.90 Å². The Hall–Kier alpha value is -1.79. The maximum absolute atomic E-state index is 13.6. The molecule has 0 aliphatic carbocycles. The quantitative estimate of drug-likeness (QED) is 0.657. The Balaban J connectivity index is 1.87. The molecule has 0 aromatic heterocycles. The minimum absolute atomic E-state index is 0.0459. The van der Waals surface area contributed by atoms with Gasteiger partial charge < -0.3 is 4.74 Å². The van der Waals surface area contributed by atoms with Crippen LogP contribution < -0.4 is 4.74 Å². The van der Waals surface area contributed by atoms with Crippen molar-refractivity contribution in [2.24, 2.45) is 4.99 Å². The van der Waals surface area contributed by atoms with Gasteiger partial charge in [0.15, 0.2) is 10.7 Å². The van der Waals surface area contributed by atoms with E-state index in [0.717, 1.165) is 32.3 Å². The summed E-state index contributed by atoms with van der Waals surface area (Å²) >= 11 is 5.17. The highest BCUT2D eigenvalue weighted by molar-refractivity contribution is 9.10. The zero-order valence-corrected chi connectivity index (χ0v) is 17.7. The number of carbonyl (C=O) groups is 1. The summed E-state index contributed by atoms with van der Waals surface area (Å²) in [7, 11) is 0. The molecule has 0 radical (unpaired) electrons. The number of thioether (sulfide) groups is 1. The Kier molecular flexibility index (Phi) is 5.03. The molecule has 1 spiro atoms. The van der Waals surface area contributed by atoms with Crippen molar-refractivity contribution >= 4 is 38.8 Å². The van der Waals surface area contributed by atoms with Crippen molar-refractivity contribution in [2.75, 3.05) is 12.3 Å². The number of fused-ring (bicyclic) bond motifs is 2. The van der Waals surface area contributed by atoms with Crippen LogP contribution >= 0.6 is 27.7 Å². The minimum atomic E-state index is -0.925. The van der Waals surface area contributed by atoms with Crippen molar-refractivity contribution in [3.05, 3.63) is 64.1 Å². The molecule has 2 aliphatic rings. The predicted octanol–water partition coefficient (Wildman–Crippen LogP) is 5.14. The lowest BCUT2D eigenvalue weighted by molar-refractivity contribution is -0.133. The van der Waals surface area contributed by atoms with E-state index in [1.165, 1.54) is 0 Å². The largest absolute Gasteiger partial charge is 0.485 e. The second-order valence-corrected chi connectivity index (χ2v) is 8.75. The van der Waals surface area contributed by atoms with E-state index < -0.39 is 5.54 Å². The molecule has 0 saturated carbocycles. The van der Waals surface area contributed by atoms with E-state index in [4.69, 9.17) is 9.73 Å². The summed E-state index contributed by atoms with van der Waals surface area (Å²) in [5.41, 5.74) is 0.984. The highest BCUT2D eigenvalue weighted by Crippen LogP contribution is 2.51. The summed E-state index contributed by atoms with van der Waals surface area (Å²) < 4.78 is 7.23. The van der Waals surface area contributed by atoms with Gasteiger partial charge in [0.05, 0.1) is 0 Å². The summed E-state index contributed by atoms with van der Waals surface area (Å²) in [6, 6.07) is 15.9. The van der Waals surface area contributed by atoms with Crippen LogP contribution in [-0.4, -0.2) is 28.3 Å². The number of ether oxygens (including phenoxy) is 1. The number of halogens is 1. The lowest BCUT2D eigenvalue weighted by Gasteiger charge is -2.37. The highest BCUT2D eigenvalue weighted by atomic mass is 79.9. The first-order chi connectivity index (χ1) is 13.1. The summed E-state index contributed by atoms with van der Waals surface area (Å²) in [4.78, 5) is 20.4. The molecule has 2 heterocycles. The molecule has 0 N–H and O–H groups in total. The zero-order valence-electron chi connectivity index (χ0n) is 15.3. The van der Waals surface area contributed by atoms with Gasteiger partial charge in [-0.05, 0) is 36.4 Å². The maximum atomic E-state index is 13.6. The van der Waals surface area contributed by atoms with Crippen LogP contribution in [0, 0.1) is 0 Å². The first kappa shape index (κ1) is 18.6. The standard InChI is InChI=1S/C21H21BrN2O2S/c1-3-24-19(25)21(23-20(24)27-4-2)13-18(14-8-6-5-7-9-14)26-17-11-10-15(22)12-16(17)21/h5-12,18H,3-4,13H2,1-2H3. The van der Waals surface area contributed by atoms with E-state index in [2.05, 4.69) is 22.9 Å². The van der Waals surface area contributed by atoms with Crippen LogP contribution in [0.5, 0.6) is 5.75 Å². The molecule has 0 saturated heterocycles. The molecule has 2 aromatic rings. The van der Waals surface area contributed by atoms with Gasteiger partial charge in [0.1, 0.15) is 11.9 Å². The lowest BCUT2D eigenvalue weighted by Crippen LogP contribution is -2.44. The number of amides is 1. The molecule has 2 unspecified atom stereocenters. The molecule has 2 atom stereocenters. The van der Waals surface area contributed by atoms with E-state index in [1.807, 2.05) is 60.4 Å². The Morgan fingerprint density at radius 3 is 2.74 bits per heavy atom. The fraction of sp³-hybridized carbons (Fsp3) is 0.333. The van der Waals surface area contributed by atoms with Gasteiger partial charge in [-0.1, -0.05) is 64.9 Å². The summed E-state index contributed by atoms with van der Waals surface area (Å²) in [6.07, 6.45) is 0.293. The van der Waals surface area contributed by atoms with Crippen LogP contribution in [0.3, 0.4) is 0 Å². The fourth-order valence-corrected chi connectivity index (χ4v) is 4.97. The van der Waals surface area contributed by atoms with Gasteiger partial charge >= 0.3 is 0 Å². The van der Waals surface area contributed by atoms with Crippen LogP contribution in [-0.2, 0) is 10.3 Å². The van der Waals surface area contributed by atoms with E-state index in [1.54, 1.807) is 11.8 Å². The monoisotopic (exact) mass is 444 g/mol. The highest BCUT2D eigenvalue weighted by Gasteiger charge is 2.54. The normalized spacial score (nSPS) is 24.0. The number of aliphatic imine (C=N–C) groups is 1. The van der Waals surface area contributed by atoms with Gasteiger partial charge in [0.2, 0.25) is 0 Å². The Labute approximate surface area is 172 Å². The van der Waals surface area contributed by atoms with Crippen molar-refractivity contribution < 1.29 is 9.53 Å². The third-order valence-electron chi connectivity index (χ3n) is 5.01. The number of nitrogens with zero attached hydrogens (tertiary/aromatic N) is 2. The molecule has 2 aromatic carbocycles. The van der Waals surface area contributed by atoms with E-state index in [9.17, 15) is 4.79 Å². The molecule has 140 valence electrons. The first-order valence-electron chi connectivity index (χ1n) is 9.15. The molecule has 6 heteroatoms. The average molecular weight is 445 g/mol. The maximum Gasteiger partial charge on any atom is 0.261 e. The Morgan fingerprint density at radius 2 is 2.04 bits per heavy atom. The molecule has 0 fully saturated rings. The number of hydrogen-bond donors (Lipinski definition) is 0. The second kappa shape index (κ2) is 7.32. The molecule has 1 amide bonds. The van der Waals surface area contributed by atoms with Gasteiger partial charge in [-0.3, -0.25) is 9.69 Å².